The van der Waals surface area contributed by atoms with Crippen molar-refractivity contribution in [2.75, 3.05) is 22.5 Å². The Bertz CT molecular complexity index is 607. The lowest BCUT2D eigenvalue weighted by Gasteiger charge is -2.10. The predicted octanol–water partition coefficient (Wildman–Crippen LogP) is -0.0348. The SMILES string of the molecule is CS(=O)(=O)CCS(=O)(=O)Nc1ccccc1CO. The van der Waals surface area contributed by atoms with Gasteiger partial charge in [0.25, 0.3) is 0 Å². The minimum Gasteiger partial charge on any atom is -0.392 e. The highest BCUT2D eigenvalue weighted by Crippen LogP contribution is 2.16. The maximum Gasteiger partial charge on any atom is 0.233 e. The van der Waals surface area contributed by atoms with Crippen LogP contribution < -0.4 is 4.72 Å². The highest BCUT2D eigenvalue weighted by Gasteiger charge is 2.15. The summed E-state index contributed by atoms with van der Waals surface area (Å²) in [6.45, 7) is -0.301. The van der Waals surface area contributed by atoms with Gasteiger partial charge < -0.3 is 5.11 Å². The van der Waals surface area contributed by atoms with E-state index >= 15 is 0 Å². The molecular formula is C10H15NO5S2. The van der Waals surface area contributed by atoms with Crippen LogP contribution in [-0.4, -0.2) is 39.7 Å². The Balaban J connectivity index is 2.83. The normalized spacial score (nSPS) is 12.3. The number of rotatable bonds is 6. The topological polar surface area (TPSA) is 101 Å². The molecule has 0 aromatic heterocycles. The second kappa shape index (κ2) is 5.68. The Morgan fingerprint density at radius 2 is 1.72 bits per heavy atom. The smallest absolute Gasteiger partial charge is 0.233 e. The number of hydrogen-bond donors (Lipinski definition) is 2. The van der Waals surface area contributed by atoms with Crippen molar-refractivity contribution in [1.82, 2.24) is 0 Å². The summed E-state index contributed by atoms with van der Waals surface area (Å²) in [5, 5.41) is 9.04. The maximum absolute atomic E-state index is 11.7. The fraction of sp³-hybridized carbons (Fsp3) is 0.400. The number of aliphatic hydroxyl groups is 1. The largest absolute Gasteiger partial charge is 0.392 e. The molecule has 1 rings (SSSR count). The molecule has 0 atom stereocenters. The number of aliphatic hydroxyl groups excluding tert-OH is 1. The van der Waals surface area contributed by atoms with Crippen LogP contribution in [0.25, 0.3) is 0 Å². The molecule has 2 N–H and O–H groups in total. The van der Waals surface area contributed by atoms with Crippen molar-refractivity contribution < 1.29 is 21.9 Å². The molecule has 0 aliphatic heterocycles. The zero-order chi connectivity index (χ0) is 13.8. The van der Waals surface area contributed by atoms with Crippen LogP contribution in [-0.2, 0) is 26.5 Å². The lowest BCUT2D eigenvalue weighted by atomic mass is 10.2. The first-order chi connectivity index (χ1) is 8.23. The van der Waals surface area contributed by atoms with Crippen LogP contribution in [0.3, 0.4) is 0 Å². The molecule has 102 valence electrons. The van der Waals surface area contributed by atoms with E-state index in [1.54, 1.807) is 18.2 Å². The number of anilines is 1. The molecule has 0 fully saturated rings. The minimum atomic E-state index is -3.74. The third-order valence-corrected chi connectivity index (χ3v) is 4.65. The number of nitrogens with one attached hydrogen (secondary N) is 1. The molecule has 0 spiro atoms. The molecule has 0 radical (unpaired) electrons. The first-order valence-electron chi connectivity index (χ1n) is 5.10. The van der Waals surface area contributed by atoms with Crippen molar-refractivity contribution in [1.29, 1.82) is 0 Å². The van der Waals surface area contributed by atoms with Gasteiger partial charge in [0.2, 0.25) is 10.0 Å². The zero-order valence-corrected chi connectivity index (χ0v) is 11.5. The molecule has 0 heterocycles. The van der Waals surface area contributed by atoms with Gasteiger partial charge in [0.1, 0.15) is 9.84 Å². The van der Waals surface area contributed by atoms with Crippen molar-refractivity contribution in [3.8, 4) is 0 Å². The number of sulfonamides is 1. The molecule has 1 aromatic rings. The molecule has 8 heteroatoms. The van der Waals surface area contributed by atoms with E-state index in [-0.39, 0.29) is 12.3 Å². The van der Waals surface area contributed by atoms with Crippen LogP contribution >= 0.6 is 0 Å². The van der Waals surface area contributed by atoms with E-state index in [1.165, 1.54) is 6.07 Å². The highest BCUT2D eigenvalue weighted by atomic mass is 32.2. The number of benzene rings is 1. The molecule has 0 saturated heterocycles. The van der Waals surface area contributed by atoms with Crippen LogP contribution in [0.5, 0.6) is 0 Å². The third kappa shape index (κ3) is 5.03. The fourth-order valence-corrected chi connectivity index (χ4v) is 3.96. The molecule has 0 unspecified atom stereocenters. The van der Waals surface area contributed by atoms with Gasteiger partial charge in [-0.05, 0) is 6.07 Å². The summed E-state index contributed by atoms with van der Waals surface area (Å²) in [6.07, 6.45) is 0.976. The van der Waals surface area contributed by atoms with E-state index in [0.29, 0.717) is 5.56 Å². The van der Waals surface area contributed by atoms with Gasteiger partial charge in [0.05, 0.1) is 23.8 Å². The number of para-hydroxylation sites is 1. The Morgan fingerprint density at radius 1 is 1.11 bits per heavy atom. The highest BCUT2D eigenvalue weighted by molar-refractivity contribution is 7.95. The van der Waals surface area contributed by atoms with Crippen molar-refractivity contribution in [3.05, 3.63) is 29.8 Å². The van der Waals surface area contributed by atoms with Gasteiger partial charge in [-0.1, -0.05) is 18.2 Å². The quantitative estimate of drug-likeness (QED) is 0.767. The monoisotopic (exact) mass is 293 g/mol. The average Bonchev–Trinajstić information content (AvgIpc) is 2.26. The van der Waals surface area contributed by atoms with Gasteiger partial charge in [-0.25, -0.2) is 16.8 Å². The summed E-state index contributed by atoms with van der Waals surface area (Å²) in [5.41, 5.74) is 0.689. The molecule has 6 nitrogen and oxygen atoms in total. The van der Waals surface area contributed by atoms with E-state index in [4.69, 9.17) is 5.11 Å². The van der Waals surface area contributed by atoms with Crippen LogP contribution in [0.2, 0.25) is 0 Å². The first kappa shape index (κ1) is 14.9. The van der Waals surface area contributed by atoms with Gasteiger partial charge in [-0.2, -0.15) is 0 Å². The van der Waals surface area contributed by atoms with E-state index in [9.17, 15) is 16.8 Å². The van der Waals surface area contributed by atoms with Gasteiger partial charge in [-0.15, -0.1) is 0 Å². The Hall–Kier alpha value is -1.12. The van der Waals surface area contributed by atoms with E-state index in [2.05, 4.69) is 4.72 Å². The van der Waals surface area contributed by atoms with Crippen molar-refractivity contribution in [2.24, 2.45) is 0 Å². The summed E-state index contributed by atoms with van der Waals surface area (Å²) in [7, 11) is -7.07. The van der Waals surface area contributed by atoms with E-state index in [0.717, 1.165) is 6.26 Å². The van der Waals surface area contributed by atoms with E-state index < -0.39 is 31.4 Å². The molecular weight excluding hydrogens is 278 g/mol. The van der Waals surface area contributed by atoms with Crippen LogP contribution in [0, 0.1) is 0 Å². The standard InChI is InChI=1S/C10H15NO5S2/c1-17(13,14)6-7-18(15,16)11-10-5-3-2-4-9(10)8-12/h2-5,11-12H,6-8H2,1H3. The van der Waals surface area contributed by atoms with Crippen LogP contribution in [0.1, 0.15) is 5.56 Å². The summed E-state index contributed by atoms with van der Waals surface area (Å²) in [4.78, 5) is 0. The van der Waals surface area contributed by atoms with Gasteiger partial charge in [0, 0.05) is 11.8 Å². The van der Waals surface area contributed by atoms with Crippen molar-refractivity contribution in [3.63, 3.8) is 0 Å². The molecule has 0 amide bonds. The first-order valence-corrected chi connectivity index (χ1v) is 8.82. The molecule has 0 saturated carbocycles. The van der Waals surface area contributed by atoms with Crippen LogP contribution in [0.15, 0.2) is 24.3 Å². The second-order valence-corrected chi connectivity index (χ2v) is 7.97. The maximum atomic E-state index is 11.7. The summed E-state index contributed by atoms with van der Waals surface area (Å²) in [6, 6.07) is 6.37. The summed E-state index contributed by atoms with van der Waals surface area (Å²) >= 11 is 0. The Morgan fingerprint density at radius 3 is 2.28 bits per heavy atom. The second-order valence-electron chi connectivity index (χ2n) is 3.87. The average molecular weight is 293 g/mol. The lowest BCUT2D eigenvalue weighted by Crippen LogP contribution is -2.23. The number of sulfone groups is 1. The predicted molar refractivity (Wildman–Crippen MR) is 69.5 cm³/mol. The van der Waals surface area contributed by atoms with Crippen LogP contribution in [0.4, 0.5) is 5.69 Å². The summed E-state index contributed by atoms with van der Waals surface area (Å²) < 4.78 is 47.4. The van der Waals surface area contributed by atoms with Crippen molar-refractivity contribution in [2.45, 2.75) is 6.61 Å². The fourth-order valence-electron chi connectivity index (χ4n) is 1.24. The van der Waals surface area contributed by atoms with E-state index in [1.807, 2.05) is 0 Å². The Kier molecular flexibility index (Phi) is 4.71. The minimum absolute atomic E-state index is 0.258. The Labute approximate surface area is 107 Å². The molecule has 0 aliphatic carbocycles. The lowest BCUT2D eigenvalue weighted by molar-refractivity contribution is 0.282. The zero-order valence-electron chi connectivity index (χ0n) is 9.83. The number of hydrogen-bond acceptors (Lipinski definition) is 5. The van der Waals surface area contributed by atoms with Gasteiger partial charge in [0.15, 0.2) is 0 Å². The van der Waals surface area contributed by atoms with Gasteiger partial charge in [-0.3, -0.25) is 4.72 Å². The van der Waals surface area contributed by atoms with Gasteiger partial charge >= 0.3 is 0 Å². The van der Waals surface area contributed by atoms with Crippen molar-refractivity contribution >= 4 is 25.5 Å². The molecule has 1 aromatic carbocycles. The molecule has 0 bridgehead atoms. The third-order valence-electron chi connectivity index (χ3n) is 2.18. The molecule has 0 aliphatic rings. The molecule has 18 heavy (non-hydrogen) atoms. The summed E-state index contributed by atoms with van der Waals surface area (Å²) in [5.74, 6) is -0.949.